The third-order valence-electron chi connectivity index (χ3n) is 3.35. The van der Waals surface area contributed by atoms with Crippen molar-refractivity contribution in [3.8, 4) is 28.7 Å². The highest BCUT2D eigenvalue weighted by molar-refractivity contribution is 5.68. The molecule has 1 unspecified atom stereocenters. The van der Waals surface area contributed by atoms with Crippen molar-refractivity contribution in [2.24, 2.45) is 0 Å². The standard InChI is InChI=1S/C13H11N5O2/c1-7-6-19-11-8(7)3-2-4-9(11)13-15-12(17-20-13)10-5-14-18-16-10/h2-5,7H,6H2,1H3,(H,14,16,18). The van der Waals surface area contributed by atoms with Crippen molar-refractivity contribution in [1.29, 1.82) is 0 Å². The van der Waals surface area contributed by atoms with Gasteiger partial charge in [-0.25, -0.2) is 0 Å². The number of benzene rings is 1. The summed E-state index contributed by atoms with van der Waals surface area (Å²) in [7, 11) is 0. The fourth-order valence-electron chi connectivity index (χ4n) is 2.32. The first-order chi connectivity index (χ1) is 9.83. The van der Waals surface area contributed by atoms with Gasteiger partial charge in [-0.15, -0.1) is 0 Å². The minimum Gasteiger partial charge on any atom is -0.492 e. The molecule has 7 nitrogen and oxygen atoms in total. The molecule has 2 aromatic heterocycles. The molecule has 0 fully saturated rings. The molecule has 0 radical (unpaired) electrons. The summed E-state index contributed by atoms with van der Waals surface area (Å²) in [5, 5.41) is 14.1. The molecule has 20 heavy (non-hydrogen) atoms. The van der Waals surface area contributed by atoms with Crippen molar-refractivity contribution >= 4 is 0 Å². The minimum absolute atomic E-state index is 0.378. The second-order valence-corrected chi connectivity index (χ2v) is 4.71. The van der Waals surface area contributed by atoms with Crippen molar-refractivity contribution in [1.82, 2.24) is 25.6 Å². The van der Waals surface area contributed by atoms with Crippen molar-refractivity contribution in [3.63, 3.8) is 0 Å². The first-order valence-corrected chi connectivity index (χ1v) is 6.29. The number of hydrogen-bond acceptors (Lipinski definition) is 6. The van der Waals surface area contributed by atoms with Crippen LogP contribution in [-0.4, -0.2) is 32.2 Å². The molecule has 0 saturated heterocycles. The van der Waals surface area contributed by atoms with Crippen LogP contribution in [-0.2, 0) is 0 Å². The summed E-state index contributed by atoms with van der Waals surface area (Å²) >= 11 is 0. The van der Waals surface area contributed by atoms with Crippen LogP contribution in [0.1, 0.15) is 18.4 Å². The number of H-pyrrole nitrogens is 1. The van der Waals surface area contributed by atoms with Gasteiger partial charge in [0.2, 0.25) is 5.82 Å². The van der Waals surface area contributed by atoms with E-state index in [1.54, 1.807) is 6.20 Å². The predicted molar refractivity (Wildman–Crippen MR) is 69.0 cm³/mol. The normalized spacial score (nSPS) is 16.9. The monoisotopic (exact) mass is 269 g/mol. The van der Waals surface area contributed by atoms with E-state index in [1.165, 1.54) is 5.56 Å². The summed E-state index contributed by atoms with van der Waals surface area (Å²) in [5.41, 5.74) is 2.53. The van der Waals surface area contributed by atoms with Gasteiger partial charge in [-0.1, -0.05) is 24.2 Å². The van der Waals surface area contributed by atoms with E-state index < -0.39 is 0 Å². The van der Waals surface area contributed by atoms with Gasteiger partial charge in [-0.2, -0.15) is 20.4 Å². The molecule has 4 rings (SSSR count). The van der Waals surface area contributed by atoms with Gasteiger partial charge in [-0.05, 0) is 6.07 Å². The number of aromatic amines is 1. The Bertz CT molecular complexity index is 750. The number of para-hydroxylation sites is 1. The number of hydrogen-bond donors (Lipinski definition) is 1. The quantitative estimate of drug-likeness (QED) is 0.765. The maximum Gasteiger partial charge on any atom is 0.262 e. The van der Waals surface area contributed by atoms with Crippen LogP contribution in [0.4, 0.5) is 0 Å². The lowest BCUT2D eigenvalue weighted by atomic mass is 10.0. The van der Waals surface area contributed by atoms with Gasteiger partial charge >= 0.3 is 0 Å². The first kappa shape index (κ1) is 11.2. The largest absolute Gasteiger partial charge is 0.492 e. The minimum atomic E-state index is 0.378. The van der Waals surface area contributed by atoms with Crippen LogP contribution in [0, 0.1) is 0 Å². The average molecular weight is 269 g/mol. The molecule has 0 amide bonds. The van der Waals surface area contributed by atoms with Gasteiger partial charge in [-0.3, -0.25) is 0 Å². The third kappa shape index (κ3) is 1.59. The lowest BCUT2D eigenvalue weighted by molar-refractivity contribution is 0.336. The zero-order valence-corrected chi connectivity index (χ0v) is 10.7. The fourth-order valence-corrected chi connectivity index (χ4v) is 2.32. The number of fused-ring (bicyclic) bond motifs is 1. The van der Waals surface area contributed by atoms with E-state index in [4.69, 9.17) is 9.26 Å². The lowest BCUT2D eigenvalue weighted by Crippen LogP contribution is -1.93. The van der Waals surface area contributed by atoms with Crippen molar-refractivity contribution in [2.75, 3.05) is 6.61 Å². The predicted octanol–water partition coefficient (Wildman–Crippen LogP) is 2.02. The Hall–Kier alpha value is -2.70. The third-order valence-corrected chi connectivity index (χ3v) is 3.35. The van der Waals surface area contributed by atoms with Crippen LogP contribution in [0.15, 0.2) is 28.9 Å². The molecule has 7 heteroatoms. The van der Waals surface area contributed by atoms with Crippen molar-refractivity contribution in [3.05, 3.63) is 30.0 Å². The van der Waals surface area contributed by atoms with Crippen LogP contribution in [0.2, 0.25) is 0 Å². The maximum atomic E-state index is 5.73. The number of nitrogens with one attached hydrogen (secondary N) is 1. The summed E-state index contributed by atoms with van der Waals surface area (Å²) in [6.45, 7) is 2.81. The number of nitrogens with zero attached hydrogens (tertiary/aromatic N) is 4. The van der Waals surface area contributed by atoms with Crippen LogP contribution in [0.25, 0.3) is 23.0 Å². The Balaban J connectivity index is 1.79. The Morgan fingerprint density at radius 3 is 3.15 bits per heavy atom. The van der Waals surface area contributed by atoms with E-state index in [-0.39, 0.29) is 0 Å². The Labute approximate surface area is 114 Å². The molecule has 1 N–H and O–H groups in total. The van der Waals surface area contributed by atoms with Crippen LogP contribution in [0.5, 0.6) is 5.75 Å². The number of aromatic nitrogens is 5. The maximum absolute atomic E-state index is 5.73. The number of rotatable bonds is 2. The van der Waals surface area contributed by atoms with E-state index in [0.717, 1.165) is 11.3 Å². The Kier molecular flexibility index (Phi) is 2.32. The van der Waals surface area contributed by atoms with Gasteiger partial charge in [0.1, 0.15) is 5.75 Å². The van der Waals surface area contributed by atoms with Gasteiger partial charge in [0.15, 0.2) is 5.69 Å². The van der Waals surface area contributed by atoms with E-state index in [2.05, 4.69) is 38.5 Å². The molecule has 3 aromatic rings. The molecule has 100 valence electrons. The van der Waals surface area contributed by atoms with E-state index >= 15 is 0 Å². The summed E-state index contributed by atoms with van der Waals surface area (Å²) in [4.78, 5) is 4.35. The van der Waals surface area contributed by atoms with Crippen LogP contribution >= 0.6 is 0 Å². The molecule has 1 aliphatic heterocycles. The van der Waals surface area contributed by atoms with Crippen molar-refractivity contribution < 1.29 is 9.26 Å². The first-order valence-electron chi connectivity index (χ1n) is 6.29. The highest BCUT2D eigenvalue weighted by Gasteiger charge is 2.25. The van der Waals surface area contributed by atoms with Gasteiger partial charge in [0.05, 0.1) is 18.4 Å². The smallest absolute Gasteiger partial charge is 0.262 e. The molecular weight excluding hydrogens is 258 g/mol. The zero-order valence-electron chi connectivity index (χ0n) is 10.7. The summed E-state index contributed by atoms with van der Waals surface area (Å²) < 4.78 is 11.0. The summed E-state index contributed by atoms with van der Waals surface area (Å²) in [6, 6.07) is 5.95. The van der Waals surface area contributed by atoms with E-state index in [1.807, 2.05) is 12.1 Å². The van der Waals surface area contributed by atoms with Crippen LogP contribution in [0.3, 0.4) is 0 Å². The molecule has 1 aliphatic rings. The van der Waals surface area contributed by atoms with Crippen LogP contribution < -0.4 is 4.74 Å². The van der Waals surface area contributed by atoms with Gasteiger partial charge in [0, 0.05) is 11.5 Å². The molecule has 0 aliphatic carbocycles. The second kappa shape index (κ2) is 4.16. The molecule has 0 saturated carbocycles. The zero-order chi connectivity index (χ0) is 13.5. The lowest BCUT2D eigenvalue weighted by Gasteiger charge is -2.03. The highest BCUT2D eigenvalue weighted by Crippen LogP contribution is 2.41. The molecule has 0 spiro atoms. The second-order valence-electron chi connectivity index (χ2n) is 4.71. The molecule has 1 aromatic carbocycles. The fraction of sp³-hybridized carbons (Fsp3) is 0.231. The molecule has 3 heterocycles. The molecular formula is C13H11N5O2. The summed E-state index contributed by atoms with van der Waals surface area (Å²) in [6.07, 6.45) is 1.54. The number of ether oxygens (including phenoxy) is 1. The molecule has 1 atom stereocenters. The SMILES string of the molecule is CC1COc2c(-c3nc(-c4cn[nH]n4)no3)cccc21. The van der Waals surface area contributed by atoms with Crippen molar-refractivity contribution in [2.45, 2.75) is 12.8 Å². The topological polar surface area (TPSA) is 89.7 Å². The Morgan fingerprint density at radius 1 is 1.35 bits per heavy atom. The van der Waals surface area contributed by atoms with E-state index in [9.17, 15) is 0 Å². The molecule has 0 bridgehead atoms. The average Bonchev–Trinajstić information content (AvgIpc) is 3.18. The Morgan fingerprint density at radius 2 is 2.30 bits per heavy atom. The highest BCUT2D eigenvalue weighted by atomic mass is 16.5. The summed E-state index contributed by atoms with van der Waals surface area (Å²) in [5.74, 6) is 2.03. The van der Waals surface area contributed by atoms with Gasteiger partial charge in [0.25, 0.3) is 5.89 Å². The van der Waals surface area contributed by atoms with Gasteiger partial charge < -0.3 is 9.26 Å². The van der Waals surface area contributed by atoms with E-state index in [0.29, 0.717) is 29.9 Å².